The van der Waals surface area contributed by atoms with E-state index >= 15 is 0 Å². The van der Waals surface area contributed by atoms with E-state index in [1.165, 1.54) is 0 Å². The molecule has 1 aliphatic rings. The first-order valence-electron chi connectivity index (χ1n) is 5.02. The van der Waals surface area contributed by atoms with Gasteiger partial charge in [-0.05, 0) is 31.8 Å². The molecule has 0 aromatic carbocycles. The topological polar surface area (TPSA) is 26.3 Å². The normalized spacial score (nSPS) is 18.5. The van der Waals surface area contributed by atoms with Crippen LogP contribution in [0.15, 0.2) is 11.6 Å². The molecule has 0 amide bonds. The highest BCUT2D eigenvalue weighted by Crippen LogP contribution is 2.30. The summed E-state index contributed by atoms with van der Waals surface area (Å²) in [6.07, 6.45) is 9.64. The summed E-state index contributed by atoms with van der Waals surface area (Å²) < 4.78 is 5.19. The predicted octanol–water partition coefficient (Wildman–Crippen LogP) is 2.30. The molecular weight excluding hydrogens is 176 g/mol. The van der Waals surface area contributed by atoms with Crippen molar-refractivity contribution in [2.24, 2.45) is 5.92 Å². The number of hydrogen-bond acceptors (Lipinski definition) is 2. The van der Waals surface area contributed by atoms with Crippen molar-refractivity contribution in [3.05, 3.63) is 11.6 Å². The lowest BCUT2D eigenvalue weighted by atomic mass is 10.1. The molecule has 2 heteroatoms. The van der Waals surface area contributed by atoms with Gasteiger partial charge in [-0.2, -0.15) is 0 Å². The lowest BCUT2D eigenvalue weighted by Gasteiger charge is -2.12. The number of allylic oxidation sites excluding steroid dienone is 1. The molecule has 0 radical (unpaired) electrons. The van der Waals surface area contributed by atoms with Crippen LogP contribution < -0.4 is 0 Å². The second kappa shape index (κ2) is 4.85. The number of rotatable bonds is 4. The molecule has 0 saturated heterocycles. The van der Waals surface area contributed by atoms with Crippen molar-refractivity contribution >= 4 is 5.97 Å². The van der Waals surface area contributed by atoms with Crippen molar-refractivity contribution in [1.82, 2.24) is 0 Å². The molecule has 0 spiro atoms. The van der Waals surface area contributed by atoms with Gasteiger partial charge >= 0.3 is 5.97 Å². The Kier molecular flexibility index (Phi) is 3.76. The van der Waals surface area contributed by atoms with Gasteiger partial charge in [-0.1, -0.05) is 18.9 Å². The zero-order valence-electron chi connectivity index (χ0n) is 8.75. The molecule has 1 aliphatic carbocycles. The Labute approximate surface area is 85.3 Å². The lowest BCUT2D eigenvalue weighted by Crippen LogP contribution is -2.18. The summed E-state index contributed by atoms with van der Waals surface area (Å²) in [4.78, 5) is 11.3. The molecule has 1 rings (SSSR count). The zero-order chi connectivity index (χ0) is 10.6. The van der Waals surface area contributed by atoms with E-state index in [1.54, 1.807) is 0 Å². The molecule has 1 saturated carbocycles. The van der Waals surface area contributed by atoms with Gasteiger partial charge in [0, 0.05) is 0 Å². The van der Waals surface area contributed by atoms with Crippen LogP contribution in [0.5, 0.6) is 0 Å². The summed E-state index contributed by atoms with van der Waals surface area (Å²) >= 11 is 0. The molecule has 0 aromatic rings. The fraction of sp³-hybridized carbons (Fsp3) is 0.583. The molecule has 14 heavy (non-hydrogen) atoms. The van der Waals surface area contributed by atoms with Gasteiger partial charge in [-0.25, -0.2) is 0 Å². The smallest absolute Gasteiger partial charge is 0.310 e. The van der Waals surface area contributed by atoms with Crippen LogP contribution in [0.1, 0.15) is 33.1 Å². The Morgan fingerprint density at radius 3 is 2.79 bits per heavy atom. The number of carbonyl (C=O) groups excluding carboxylic acids is 1. The number of carbonyl (C=O) groups is 1. The third-order valence-electron chi connectivity index (χ3n) is 2.24. The van der Waals surface area contributed by atoms with Crippen LogP contribution in [0.3, 0.4) is 0 Å². The number of terminal acetylenes is 1. The van der Waals surface area contributed by atoms with E-state index in [1.807, 2.05) is 19.9 Å². The SMILES string of the molecule is C#CC(OC(=O)C1CC1)/C(C)=C/CC. The van der Waals surface area contributed by atoms with Crippen LogP contribution in [0.4, 0.5) is 0 Å². The molecule has 0 bridgehead atoms. The number of hydrogen-bond donors (Lipinski definition) is 0. The molecule has 1 atom stereocenters. The van der Waals surface area contributed by atoms with Gasteiger partial charge in [-0.3, -0.25) is 4.79 Å². The first-order chi connectivity index (χ1) is 6.69. The van der Waals surface area contributed by atoms with Crippen molar-refractivity contribution in [2.45, 2.75) is 39.2 Å². The minimum atomic E-state index is -0.469. The summed E-state index contributed by atoms with van der Waals surface area (Å²) in [6, 6.07) is 0. The van der Waals surface area contributed by atoms with E-state index in [0.29, 0.717) is 0 Å². The molecule has 1 fully saturated rings. The Balaban J connectivity index is 2.50. The third kappa shape index (κ3) is 2.92. The highest BCUT2D eigenvalue weighted by molar-refractivity contribution is 5.75. The van der Waals surface area contributed by atoms with E-state index in [9.17, 15) is 4.79 Å². The Bertz CT molecular complexity index is 279. The molecule has 0 N–H and O–H groups in total. The van der Waals surface area contributed by atoms with E-state index in [2.05, 4.69) is 5.92 Å². The minimum absolute atomic E-state index is 0.111. The van der Waals surface area contributed by atoms with Crippen molar-refractivity contribution in [3.8, 4) is 12.3 Å². The van der Waals surface area contributed by atoms with Gasteiger partial charge in [0.05, 0.1) is 5.92 Å². The Hall–Kier alpha value is -1.23. The zero-order valence-corrected chi connectivity index (χ0v) is 8.75. The van der Waals surface area contributed by atoms with Crippen LogP contribution in [-0.2, 0) is 9.53 Å². The van der Waals surface area contributed by atoms with Crippen LogP contribution in [0.25, 0.3) is 0 Å². The molecule has 0 aliphatic heterocycles. The summed E-state index contributed by atoms with van der Waals surface area (Å²) in [5.41, 5.74) is 0.948. The third-order valence-corrected chi connectivity index (χ3v) is 2.24. The summed E-state index contributed by atoms with van der Waals surface area (Å²) in [5, 5.41) is 0. The maximum Gasteiger partial charge on any atom is 0.310 e. The fourth-order valence-electron chi connectivity index (χ4n) is 1.22. The first kappa shape index (κ1) is 10.8. The van der Waals surface area contributed by atoms with Gasteiger partial charge in [0.1, 0.15) is 0 Å². The van der Waals surface area contributed by atoms with Gasteiger partial charge in [0.25, 0.3) is 0 Å². The quantitative estimate of drug-likeness (QED) is 0.388. The Morgan fingerprint density at radius 1 is 1.71 bits per heavy atom. The molecular formula is C12H16O2. The lowest BCUT2D eigenvalue weighted by molar-refractivity contribution is -0.146. The van der Waals surface area contributed by atoms with Crippen molar-refractivity contribution in [3.63, 3.8) is 0 Å². The van der Waals surface area contributed by atoms with Crippen LogP contribution >= 0.6 is 0 Å². The van der Waals surface area contributed by atoms with Gasteiger partial charge < -0.3 is 4.74 Å². The van der Waals surface area contributed by atoms with E-state index < -0.39 is 6.10 Å². The molecule has 1 unspecified atom stereocenters. The molecule has 2 nitrogen and oxygen atoms in total. The summed E-state index contributed by atoms with van der Waals surface area (Å²) in [7, 11) is 0. The molecule has 0 heterocycles. The largest absolute Gasteiger partial charge is 0.444 e. The minimum Gasteiger partial charge on any atom is -0.444 e. The van der Waals surface area contributed by atoms with Crippen molar-refractivity contribution < 1.29 is 9.53 Å². The molecule has 76 valence electrons. The summed E-state index contributed by atoms with van der Waals surface area (Å²) in [5.74, 6) is 2.46. The van der Waals surface area contributed by atoms with Gasteiger partial charge in [0.15, 0.2) is 6.10 Å². The Morgan fingerprint density at radius 2 is 2.36 bits per heavy atom. The van der Waals surface area contributed by atoms with E-state index in [-0.39, 0.29) is 11.9 Å². The van der Waals surface area contributed by atoms with Gasteiger partial charge in [-0.15, -0.1) is 6.42 Å². The van der Waals surface area contributed by atoms with Gasteiger partial charge in [0.2, 0.25) is 0 Å². The van der Waals surface area contributed by atoms with Crippen molar-refractivity contribution in [1.29, 1.82) is 0 Å². The van der Waals surface area contributed by atoms with Crippen molar-refractivity contribution in [2.75, 3.05) is 0 Å². The maximum atomic E-state index is 11.3. The van der Waals surface area contributed by atoms with Crippen LogP contribution in [-0.4, -0.2) is 12.1 Å². The maximum absolute atomic E-state index is 11.3. The van der Waals surface area contributed by atoms with Crippen LogP contribution in [0, 0.1) is 18.3 Å². The average molecular weight is 192 g/mol. The fourth-order valence-corrected chi connectivity index (χ4v) is 1.22. The number of ether oxygens (including phenoxy) is 1. The standard InChI is InChI=1S/C12H16O2/c1-4-6-9(3)11(5-2)14-12(13)10-7-8-10/h2,6,10-11H,4,7-8H2,1,3H3/b9-6+. The number of esters is 1. The van der Waals surface area contributed by atoms with E-state index in [0.717, 1.165) is 24.8 Å². The summed E-state index contributed by atoms with van der Waals surface area (Å²) in [6.45, 7) is 3.92. The second-order valence-electron chi connectivity index (χ2n) is 3.61. The molecule has 0 aromatic heterocycles. The van der Waals surface area contributed by atoms with E-state index in [4.69, 9.17) is 11.2 Å². The van der Waals surface area contributed by atoms with Crippen LogP contribution in [0.2, 0.25) is 0 Å². The second-order valence-corrected chi connectivity index (χ2v) is 3.61. The highest BCUT2D eigenvalue weighted by atomic mass is 16.5. The average Bonchev–Trinajstić information content (AvgIpc) is 2.97. The first-order valence-corrected chi connectivity index (χ1v) is 5.02. The monoisotopic (exact) mass is 192 g/mol. The predicted molar refractivity (Wildman–Crippen MR) is 55.5 cm³/mol. The highest BCUT2D eigenvalue weighted by Gasteiger charge is 2.32.